The predicted octanol–water partition coefficient (Wildman–Crippen LogP) is 2.72. The van der Waals surface area contributed by atoms with Crippen molar-refractivity contribution in [2.75, 3.05) is 25.0 Å². The summed E-state index contributed by atoms with van der Waals surface area (Å²) >= 11 is 0. The average molecular weight is 345 g/mol. The minimum Gasteiger partial charge on any atom is -0.406 e. The van der Waals surface area contributed by atoms with E-state index in [0.29, 0.717) is 0 Å². The molecule has 2 rings (SSSR count). The normalized spacial score (nSPS) is 14.4. The van der Waals surface area contributed by atoms with Gasteiger partial charge in [-0.05, 0) is 25.0 Å². The Labute approximate surface area is 137 Å². The Bertz CT molecular complexity index is 587. The molecule has 1 aliphatic heterocycles. The summed E-state index contributed by atoms with van der Waals surface area (Å²) in [5.41, 5.74) is 0.153. The van der Waals surface area contributed by atoms with Crippen molar-refractivity contribution in [3.63, 3.8) is 0 Å². The number of amides is 3. The molecular formula is C15H18F3N3O3. The van der Waals surface area contributed by atoms with Gasteiger partial charge in [-0.25, -0.2) is 4.79 Å². The van der Waals surface area contributed by atoms with Gasteiger partial charge in [0.1, 0.15) is 5.75 Å². The molecule has 1 heterocycles. The number of anilines is 1. The van der Waals surface area contributed by atoms with Crippen LogP contribution in [0.4, 0.5) is 23.7 Å². The molecule has 132 valence electrons. The van der Waals surface area contributed by atoms with Gasteiger partial charge in [-0.2, -0.15) is 0 Å². The summed E-state index contributed by atoms with van der Waals surface area (Å²) in [7, 11) is 0. The van der Waals surface area contributed by atoms with Crippen LogP contribution in [0.5, 0.6) is 5.75 Å². The lowest BCUT2D eigenvalue weighted by molar-refractivity contribution is -0.274. The molecule has 0 aliphatic carbocycles. The molecule has 0 radical (unpaired) electrons. The Morgan fingerprint density at radius 1 is 1.21 bits per heavy atom. The highest BCUT2D eigenvalue weighted by atomic mass is 19.4. The quantitative estimate of drug-likeness (QED) is 0.862. The topological polar surface area (TPSA) is 70.7 Å². The van der Waals surface area contributed by atoms with Gasteiger partial charge in [0, 0.05) is 37.8 Å². The lowest BCUT2D eigenvalue weighted by Gasteiger charge is -2.15. The number of carbonyl (C=O) groups is 2. The summed E-state index contributed by atoms with van der Waals surface area (Å²) in [6.45, 7) is 1.65. The highest BCUT2D eigenvalue weighted by Crippen LogP contribution is 2.24. The lowest BCUT2D eigenvalue weighted by Crippen LogP contribution is -2.34. The zero-order chi connectivity index (χ0) is 17.6. The summed E-state index contributed by atoms with van der Waals surface area (Å²) in [5, 5.41) is 4.88. The predicted molar refractivity (Wildman–Crippen MR) is 80.6 cm³/mol. The van der Waals surface area contributed by atoms with Crippen LogP contribution in [0.15, 0.2) is 24.3 Å². The van der Waals surface area contributed by atoms with Gasteiger partial charge in [-0.3, -0.25) is 4.79 Å². The largest absolute Gasteiger partial charge is 0.573 e. The third-order valence-corrected chi connectivity index (χ3v) is 3.41. The number of halogens is 3. The lowest BCUT2D eigenvalue weighted by atomic mass is 10.3. The first kappa shape index (κ1) is 17.9. The van der Waals surface area contributed by atoms with Crippen LogP contribution in [0.2, 0.25) is 0 Å². The summed E-state index contributed by atoms with van der Waals surface area (Å²) in [5.74, 6) is -0.446. The van der Waals surface area contributed by atoms with Crippen molar-refractivity contribution in [3.05, 3.63) is 24.3 Å². The highest BCUT2D eigenvalue weighted by molar-refractivity contribution is 5.89. The number of alkyl halides is 3. The summed E-state index contributed by atoms with van der Waals surface area (Å²) in [4.78, 5) is 25.2. The maximum Gasteiger partial charge on any atom is 0.573 e. The van der Waals surface area contributed by atoms with E-state index < -0.39 is 18.1 Å². The molecule has 6 nitrogen and oxygen atoms in total. The molecule has 9 heteroatoms. The van der Waals surface area contributed by atoms with E-state index in [2.05, 4.69) is 15.4 Å². The van der Waals surface area contributed by atoms with Crippen molar-refractivity contribution in [3.8, 4) is 5.75 Å². The number of urea groups is 1. The molecule has 0 atom stereocenters. The smallest absolute Gasteiger partial charge is 0.406 e. The second kappa shape index (κ2) is 7.89. The standard InChI is InChI=1S/C15H18F3N3O3/c16-15(17,18)24-12-5-3-4-11(10-12)20-14(23)19-7-6-13(22)21-8-1-2-9-21/h3-5,10H,1-2,6-9H2,(H2,19,20,23). The van der Waals surface area contributed by atoms with Crippen LogP contribution in [0, 0.1) is 0 Å². The number of ether oxygens (including phenoxy) is 1. The monoisotopic (exact) mass is 345 g/mol. The van der Waals surface area contributed by atoms with Crippen molar-refractivity contribution in [1.82, 2.24) is 10.2 Å². The fourth-order valence-corrected chi connectivity index (χ4v) is 2.35. The Morgan fingerprint density at radius 3 is 2.58 bits per heavy atom. The number of nitrogens with one attached hydrogen (secondary N) is 2. The van der Waals surface area contributed by atoms with Gasteiger partial charge in [-0.15, -0.1) is 13.2 Å². The number of likely N-dealkylation sites (tertiary alicyclic amines) is 1. The third-order valence-electron chi connectivity index (χ3n) is 3.41. The van der Waals surface area contributed by atoms with Gasteiger partial charge in [-0.1, -0.05) is 6.07 Å². The number of carbonyl (C=O) groups excluding carboxylic acids is 2. The molecule has 0 spiro atoms. The number of nitrogens with zero attached hydrogens (tertiary/aromatic N) is 1. The minimum atomic E-state index is -4.79. The van der Waals surface area contributed by atoms with Gasteiger partial charge in [0.25, 0.3) is 0 Å². The van der Waals surface area contributed by atoms with Crippen molar-refractivity contribution in [2.24, 2.45) is 0 Å². The summed E-state index contributed by atoms with van der Waals surface area (Å²) in [6.07, 6.45) is -2.62. The highest BCUT2D eigenvalue weighted by Gasteiger charge is 2.31. The Balaban J connectivity index is 1.75. The van der Waals surface area contributed by atoms with Gasteiger partial charge in [0.05, 0.1) is 0 Å². The fraction of sp³-hybridized carbons (Fsp3) is 0.467. The molecule has 3 amide bonds. The van der Waals surface area contributed by atoms with Crippen LogP contribution in [0.3, 0.4) is 0 Å². The molecule has 1 fully saturated rings. The third kappa shape index (κ3) is 5.98. The first-order chi connectivity index (χ1) is 11.3. The summed E-state index contributed by atoms with van der Waals surface area (Å²) < 4.78 is 40.2. The zero-order valence-corrected chi connectivity index (χ0v) is 12.9. The maximum atomic E-state index is 12.1. The van der Waals surface area contributed by atoms with Crippen LogP contribution in [-0.4, -0.2) is 42.8 Å². The molecular weight excluding hydrogens is 327 g/mol. The van der Waals surface area contributed by atoms with Crippen LogP contribution in [0.1, 0.15) is 19.3 Å². The van der Waals surface area contributed by atoms with E-state index in [4.69, 9.17) is 0 Å². The van der Waals surface area contributed by atoms with Crippen LogP contribution >= 0.6 is 0 Å². The summed E-state index contributed by atoms with van der Waals surface area (Å²) in [6, 6.07) is 4.34. The van der Waals surface area contributed by atoms with Gasteiger partial charge in [0.2, 0.25) is 5.91 Å². The van der Waals surface area contributed by atoms with Crippen LogP contribution in [-0.2, 0) is 4.79 Å². The molecule has 1 aromatic carbocycles. The van der Waals surface area contributed by atoms with Crippen molar-refractivity contribution in [1.29, 1.82) is 0 Å². The molecule has 0 saturated carbocycles. The minimum absolute atomic E-state index is 0.0200. The number of hydrogen-bond acceptors (Lipinski definition) is 3. The number of benzene rings is 1. The van der Waals surface area contributed by atoms with E-state index in [1.807, 2.05) is 0 Å². The zero-order valence-electron chi connectivity index (χ0n) is 12.9. The first-order valence-corrected chi connectivity index (χ1v) is 7.52. The second-order valence-corrected chi connectivity index (χ2v) is 5.29. The molecule has 1 aromatic rings. The first-order valence-electron chi connectivity index (χ1n) is 7.52. The second-order valence-electron chi connectivity index (χ2n) is 5.29. The molecule has 24 heavy (non-hydrogen) atoms. The van der Waals surface area contributed by atoms with E-state index in [0.717, 1.165) is 38.1 Å². The van der Waals surface area contributed by atoms with E-state index in [9.17, 15) is 22.8 Å². The van der Waals surface area contributed by atoms with Crippen LogP contribution < -0.4 is 15.4 Å². The molecule has 1 aliphatic rings. The number of rotatable bonds is 5. The molecule has 1 saturated heterocycles. The molecule has 2 N–H and O–H groups in total. The van der Waals surface area contributed by atoms with E-state index >= 15 is 0 Å². The van der Waals surface area contributed by atoms with Crippen molar-refractivity contribution in [2.45, 2.75) is 25.6 Å². The van der Waals surface area contributed by atoms with E-state index in [1.54, 1.807) is 4.90 Å². The van der Waals surface area contributed by atoms with Crippen molar-refractivity contribution >= 4 is 17.6 Å². The Hall–Kier alpha value is -2.45. The number of hydrogen-bond donors (Lipinski definition) is 2. The van der Waals surface area contributed by atoms with Gasteiger partial charge >= 0.3 is 12.4 Å². The fourth-order valence-electron chi connectivity index (χ4n) is 2.35. The maximum absolute atomic E-state index is 12.1. The Kier molecular flexibility index (Phi) is 5.88. The molecule has 0 bridgehead atoms. The van der Waals surface area contributed by atoms with Crippen LogP contribution in [0.25, 0.3) is 0 Å². The van der Waals surface area contributed by atoms with Gasteiger partial charge in [0.15, 0.2) is 0 Å². The average Bonchev–Trinajstić information content (AvgIpc) is 2.99. The van der Waals surface area contributed by atoms with Crippen molar-refractivity contribution < 1.29 is 27.5 Å². The molecule has 0 unspecified atom stereocenters. The van der Waals surface area contributed by atoms with Gasteiger partial charge < -0.3 is 20.3 Å². The SMILES string of the molecule is O=C(NCCC(=O)N1CCCC1)Nc1cccc(OC(F)(F)F)c1. The Morgan fingerprint density at radius 2 is 1.92 bits per heavy atom. The van der Waals surface area contributed by atoms with E-state index in [1.165, 1.54) is 12.1 Å². The van der Waals surface area contributed by atoms with E-state index in [-0.39, 0.29) is 24.6 Å². The molecule has 0 aromatic heterocycles.